The van der Waals surface area contributed by atoms with Crippen LogP contribution in [-0.4, -0.2) is 27.5 Å². The van der Waals surface area contributed by atoms with Gasteiger partial charge in [-0.1, -0.05) is 97.1 Å². The zero-order chi connectivity index (χ0) is 27.5. The Kier molecular flexibility index (Phi) is 7.45. The van der Waals surface area contributed by atoms with Crippen LogP contribution in [0.25, 0.3) is 0 Å². The number of benzene rings is 4. The molecule has 200 valence electrons. The molecule has 0 amide bonds. The minimum atomic E-state index is -2.32. The Labute approximate surface area is 231 Å². The minimum Gasteiger partial charge on any atom is -0.463 e. The molecule has 1 aliphatic rings. The van der Waals surface area contributed by atoms with Crippen LogP contribution in [0.5, 0.6) is 11.5 Å². The Morgan fingerprint density at radius 1 is 0.718 bits per heavy atom. The van der Waals surface area contributed by atoms with Gasteiger partial charge in [-0.25, -0.2) is 0 Å². The lowest BCUT2D eigenvalue weighted by Gasteiger charge is -2.55. The molecule has 39 heavy (non-hydrogen) atoms. The third kappa shape index (κ3) is 4.91. The molecule has 0 atom stereocenters. The Balaban J connectivity index is 1.93. The van der Waals surface area contributed by atoms with Crippen molar-refractivity contribution in [3.05, 3.63) is 131 Å². The van der Waals surface area contributed by atoms with Crippen molar-refractivity contribution in [1.29, 1.82) is 0 Å². The molecule has 0 fully saturated rings. The molecule has 0 spiro atoms. The third-order valence-electron chi connectivity index (χ3n) is 6.78. The van der Waals surface area contributed by atoms with Gasteiger partial charge in [0.15, 0.2) is 19.5 Å². The molecule has 0 bridgehead atoms. The maximum absolute atomic E-state index is 11.7. The molecule has 1 aliphatic heterocycles. The van der Waals surface area contributed by atoms with E-state index in [1.807, 2.05) is 72.8 Å². The van der Waals surface area contributed by atoms with Crippen LogP contribution in [0.1, 0.15) is 29.2 Å². The van der Waals surface area contributed by atoms with Crippen LogP contribution in [0.4, 0.5) is 0 Å². The summed E-state index contributed by atoms with van der Waals surface area (Å²) in [5.74, 6) is 1.09. The van der Waals surface area contributed by atoms with E-state index in [0.29, 0.717) is 11.5 Å². The van der Waals surface area contributed by atoms with Gasteiger partial charge in [0, 0.05) is 18.1 Å². The van der Waals surface area contributed by atoms with Crippen LogP contribution >= 0.6 is 0 Å². The van der Waals surface area contributed by atoms with Crippen LogP contribution in [0.15, 0.2) is 109 Å². The molecule has 4 aromatic carbocycles. The fourth-order valence-electron chi connectivity index (χ4n) is 5.54. The normalized spacial score (nSPS) is 14.1. The minimum absolute atomic E-state index is 0.111. The summed E-state index contributed by atoms with van der Waals surface area (Å²) in [5, 5.41) is 0. The molecule has 0 unspecified atom stereocenters. The van der Waals surface area contributed by atoms with Gasteiger partial charge >= 0.3 is 5.97 Å². The molecule has 6 heteroatoms. The van der Waals surface area contributed by atoms with Crippen molar-refractivity contribution < 1.29 is 23.4 Å². The first-order chi connectivity index (χ1) is 18.8. The zero-order valence-electron chi connectivity index (χ0n) is 22.8. The molecular formula is C33H34O5Si. The number of esters is 1. The Hall–Kier alpha value is -3.71. The van der Waals surface area contributed by atoms with Gasteiger partial charge in [0.1, 0.15) is 18.1 Å². The second-order valence-corrected chi connectivity index (χ2v) is 15.0. The monoisotopic (exact) mass is 538 g/mol. The summed E-state index contributed by atoms with van der Waals surface area (Å²) < 4.78 is 26.4. The standard InChI is InChI=1S/C33H34O5Si/c1-25(34)35-23-24-36-32(26-15-7-5-8-16-26,27-17-9-6-10-18-27)33(38-39(2,3)4)28-19-11-13-21-30(28)37-31-22-14-12-20-29(31)33/h5-22H,23-24H2,1-4H3. The Morgan fingerprint density at radius 3 is 1.64 bits per heavy atom. The SMILES string of the molecule is CC(=O)OCCOC(c1ccccc1)(c1ccccc1)C1(O[Si](C)(C)C)c2ccccc2Oc2ccccc21. The van der Waals surface area contributed by atoms with Crippen molar-refractivity contribution in [2.75, 3.05) is 13.2 Å². The predicted molar refractivity (Wildman–Crippen MR) is 154 cm³/mol. The summed E-state index contributed by atoms with van der Waals surface area (Å²) in [4.78, 5) is 11.7. The number of hydrogen-bond donors (Lipinski definition) is 0. The second kappa shape index (κ2) is 10.8. The van der Waals surface area contributed by atoms with E-state index in [1.54, 1.807) is 0 Å². The van der Waals surface area contributed by atoms with Gasteiger partial charge in [0.05, 0.1) is 6.61 Å². The van der Waals surface area contributed by atoms with E-state index in [9.17, 15) is 4.79 Å². The van der Waals surface area contributed by atoms with Gasteiger partial charge in [0.25, 0.3) is 0 Å². The van der Waals surface area contributed by atoms with Gasteiger partial charge < -0.3 is 18.6 Å². The summed E-state index contributed by atoms with van der Waals surface area (Å²) >= 11 is 0. The van der Waals surface area contributed by atoms with Gasteiger partial charge in [-0.05, 0) is 42.9 Å². The first kappa shape index (κ1) is 26.9. The van der Waals surface area contributed by atoms with E-state index in [0.717, 1.165) is 22.3 Å². The van der Waals surface area contributed by atoms with Crippen molar-refractivity contribution in [3.63, 3.8) is 0 Å². The highest BCUT2D eigenvalue weighted by molar-refractivity contribution is 6.69. The van der Waals surface area contributed by atoms with Gasteiger partial charge in [-0.2, -0.15) is 0 Å². The number of rotatable bonds is 9. The molecule has 5 nitrogen and oxygen atoms in total. The maximum Gasteiger partial charge on any atom is 0.302 e. The van der Waals surface area contributed by atoms with E-state index in [4.69, 9.17) is 18.6 Å². The second-order valence-electron chi connectivity index (χ2n) is 10.6. The number of para-hydroxylation sites is 2. The number of hydrogen-bond acceptors (Lipinski definition) is 5. The first-order valence-electron chi connectivity index (χ1n) is 13.2. The molecule has 0 radical (unpaired) electrons. The third-order valence-corrected chi connectivity index (χ3v) is 7.69. The predicted octanol–water partition coefficient (Wildman–Crippen LogP) is 7.41. The molecule has 5 rings (SSSR count). The average molecular weight is 539 g/mol. The van der Waals surface area contributed by atoms with Gasteiger partial charge in [0.2, 0.25) is 0 Å². The summed E-state index contributed by atoms with van der Waals surface area (Å²) in [5.41, 5.74) is 1.29. The van der Waals surface area contributed by atoms with Gasteiger partial charge in [-0.3, -0.25) is 4.79 Å². The van der Waals surface area contributed by atoms with E-state index >= 15 is 0 Å². The van der Waals surface area contributed by atoms with Crippen molar-refractivity contribution >= 4 is 14.3 Å². The lowest BCUT2D eigenvalue weighted by atomic mass is 9.65. The largest absolute Gasteiger partial charge is 0.463 e. The molecule has 0 aliphatic carbocycles. The molecule has 0 saturated heterocycles. The van der Waals surface area contributed by atoms with Crippen LogP contribution in [0.2, 0.25) is 19.6 Å². The summed E-state index contributed by atoms with van der Waals surface area (Å²) in [6, 6.07) is 36.4. The fourth-order valence-corrected chi connectivity index (χ4v) is 6.83. The smallest absolute Gasteiger partial charge is 0.302 e. The molecular weight excluding hydrogens is 504 g/mol. The van der Waals surface area contributed by atoms with Crippen molar-refractivity contribution in [1.82, 2.24) is 0 Å². The topological polar surface area (TPSA) is 54.0 Å². The number of carbonyl (C=O) groups excluding carboxylic acids is 1. The zero-order valence-corrected chi connectivity index (χ0v) is 23.8. The molecule has 1 heterocycles. The molecule has 0 aromatic heterocycles. The van der Waals surface area contributed by atoms with Crippen LogP contribution in [-0.2, 0) is 29.9 Å². The van der Waals surface area contributed by atoms with Crippen molar-refractivity contribution in [2.45, 2.75) is 37.8 Å². The molecule has 4 aromatic rings. The lowest BCUT2D eigenvalue weighted by molar-refractivity contribution is -0.162. The van der Waals surface area contributed by atoms with E-state index in [1.165, 1.54) is 6.92 Å². The number of fused-ring (bicyclic) bond motifs is 2. The lowest BCUT2D eigenvalue weighted by Crippen LogP contribution is -2.59. The summed E-state index contributed by atoms with van der Waals surface area (Å²) in [6.45, 7) is 8.24. The number of carbonyl (C=O) groups is 1. The van der Waals surface area contributed by atoms with E-state index < -0.39 is 19.5 Å². The molecule has 0 N–H and O–H groups in total. The van der Waals surface area contributed by atoms with E-state index in [2.05, 4.69) is 56.0 Å². The quantitative estimate of drug-likeness (QED) is 0.126. The highest BCUT2D eigenvalue weighted by Crippen LogP contribution is 2.61. The Morgan fingerprint density at radius 2 is 1.18 bits per heavy atom. The van der Waals surface area contributed by atoms with Crippen molar-refractivity contribution in [3.8, 4) is 11.5 Å². The van der Waals surface area contributed by atoms with Crippen LogP contribution in [0, 0.1) is 0 Å². The highest BCUT2D eigenvalue weighted by atomic mass is 28.4. The summed E-state index contributed by atoms with van der Waals surface area (Å²) in [7, 11) is -2.32. The molecule has 0 saturated carbocycles. The van der Waals surface area contributed by atoms with Crippen LogP contribution < -0.4 is 4.74 Å². The van der Waals surface area contributed by atoms with Gasteiger partial charge in [-0.15, -0.1) is 0 Å². The average Bonchev–Trinajstić information content (AvgIpc) is 2.93. The number of ether oxygens (including phenoxy) is 3. The first-order valence-corrected chi connectivity index (χ1v) is 16.6. The Bertz CT molecular complexity index is 1340. The van der Waals surface area contributed by atoms with E-state index in [-0.39, 0.29) is 19.2 Å². The highest BCUT2D eigenvalue weighted by Gasteiger charge is 2.62. The fraction of sp³-hybridized carbons (Fsp3) is 0.242. The maximum atomic E-state index is 11.7. The van der Waals surface area contributed by atoms with Crippen LogP contribution in [0.3, 0.4) is 0 Å². The van der Waals surface area contributed by atoms with Crippen molar-refractivity contribution in [2.24, 2.45) is 0 Å². The summed E-state index contributed by atoms with van der Waals surface area (Å²) in [6.07, 6.45) is 0.